The van der Waals surface area contributed by atoms with Crippen molar-refractivity contribution in [2.75, 3.05) is 6.54 Å². The molecular formula is C16H25F2N. The van der Waals surface area contributed by atoms with Crippen molar-refractivity contribution < 1.29 is 8.78 Å². The Morgan fingerprint density at radius 3 is 2.32 bits per heavy atom. The molecule has 1 unspecified atom stereocenters. The predicted molar refractivity (Wildman–Crippen MR) is 76.4 cm³/mol. The van der Waals surface area contributed by atoms with Crippen LogP contribution in [0.15, 0.2) is 24.3 Å². The van der Waals surface area contributed by atoms with E-state index in [-0.39, 0.29) is 5.56 Å². The monoisotopic (exact) mass is 269 g/mol. The summed E-state index contributed by atoms with van der Waals surface area (Å²) in [4.78, 5) is 0. The fraction of sp³-hybridized carbons (Fsp3) is 0.625. The zero-order valence-corrected chi connectivity index (χ0v) is 12.0. The Kier molecular flexibility index (Phi) is 7.65. The van der Waals surface area contributed by atoms with Gasteiger partial charge in [0, 0.05) is 12.1 Å². The lowest BCUT2D eigenvalue weighted by molar-refractivity contribution is 0.151. The van der Waals surface area contributed by atoms with Gasteiger partial charge in [-0.1, -0.05) is 57.4 Å². The van der Waals surface area contributed by atoms with Gasteiger partial charge < -0.3 is 5.32 Å². The Bertz CT molecular complexity index is 335. The summed E-state index contributed by atoms with van der Waals surface area (Å²) >= 11 is 0. The van der Waals surface area contributed by atoms with E-state index in [2.05, 4.69) is 19.2 Å². The van der Waals surface area contributed by atoms with Crippen molar-refractivity contribution in [1.29, 1.82) is 0 Å². The molecule has 0 aliphatic rings. The highest BCUT2D eigenvalue weighted by atomic mass is 19.3. The molecular weight excluding hydrogens is 244 g/mol. The number of benzene rings is 1. The lowest BCUT2D eigenvalue weighted by Crippen LogP contribution is -2.22. The van der Waals surface area contributed by atoms with Gasteiger partial charge in [0.2, 0.25) is 0 Å². The van der Waals surface area contributed by atoms with Crippen molar-refractivity contribution in [2.24, 2.45) is 5.92 Å². The quantitative estimate of drug-likeness (QED) is 0.670. The van der Waals surface area contributed by atoms with Crippen LogP contribution in [0.25, 0.3) is 0 Å². The average molecular weight is 269 g/mol. The number of nitrogens with one attached hydrogen (secondary N) is 1. The van der Waals surface area contributed by atoms with Gasteiger partial charge in [-0.15, -0.1) is 0 Å². The number of hydrogen-bond donors (Lipinski definition) is 1. The first-order valence-corrected chi connectivity index (χ1v) is 7.25. The van der Waals surface area contributed by atoms with Crippen LogP contribution in [0.1, 0.15) is 57.1 Å². The van der Waals surface area contributed by atoms with E-state index < -0.39 is 6.43 Å². The Balaban J connectivity index is 2.31. The van der Waals surface area contributed by atoms with Gasteiger partial charge in [-0.05, 0) is 24.4 Å². The fourth-order valence-corrected chi connectivity index (χ4v) is 2.14. The number of alkyl halides is 2. The largest absolute Gasteiger partial charge is 0.312 e. The summed E-state index contributed by atoms with van der Waals surface area (Å²) in [5.74, 6) is 0.722. The summed E-state index contributed by atoms with van der Waals surface area (Å²) < 4.78 is 24.8. The number of rotatable bonds is 9. The number of hydrogen-bond acceptors (Lipinski definition) is 1. The normalized spacial score (nSPS) is 12.9. The molecule has 0 heterocycles. The van der Waals surface area contributed by atoms with Gasteiger partial charge >= 0.3 is 0 Å². The van der Waals surface area contributed by atoms with E-state index in [1.807, 2.05) is 0 Å². The first-order valence-electron chi connectivity index (χ1n) is 7.25. The van der Waals surface area contributed by atoms with Gasteiger partial charge in [0.25, 0.3) is 6.43 Å². The van der Waals surface area contributed by atoms with Gasteiger partial charge in [-0.25, -0.2) is 8.78 Å². The molecule has 0 spiro atoms. The fourth-order valence-electron chi connectivity index (χ4n) is 2.14. The third-order valence-electron chi connectivity index (χ3n) is 3.54. The molecule has 0 amide bonds. The lowest BCUT2D eigenvalue weighted by Gasteiger charge is -2.15. The van der Waals surface area contributed by atoms with Gasteiger partial charge in [0.1, 0.15) is 0 Å². The minimum atomic E-state index is -2.37. The summed E-state index contributed by atoms with van der Waals surface area (Å²) in [6.45, 7) is 6.20. The van der Waals surface area contributed by atoms with Crippen LogP contribution >= 0.6 is 0 Å². The van der Waals surface area contributed by atoms with Crippen LogP contribution in [0.2, 0.25) is 0 Å². The Hall–Kier alpha value is -0.960. The molecule has 0 aliphatic carbocycles. The van der Waals surface area contributed by atoms with Crippen LogP contribution in [-0.4, -0.2) is 6.54 Å². The van der Waals surface area contributed by atoms with Crippen molar-refractivity contribution in [3.63, 3.8) is 0 Å². The average Bonchev–Trinajstić information content (AvgIpc) is 2.43. The van der Waals surface area contributed by atoms with Crippen molar-refractivity contribution >= 4 is 0 Å². The SMILES string of the molecule is CCCCC(CC)CNCc1ccc(C(F)F)cc1. The molecule has 1 aromatic rings. The van der Waals surface area contributed by atoms with Crippen molar-refractivity contribution in [2.45, 2.75) is 52.5 Å². The maximum Gasteiger partial charge on any atom is 0.263 e. The second kappa shape index (κ2) is 9.03. The van der Waals surface area contributed by atoms with Crippen LogP contribution in [-0.2, 0) is 6.54 Å². The lowest BCUT2D eigenvalue weighted by atomic mass is 9.99. The van der Waals surface area contributed by atoms with Crippen molar-refractivity contribution in [1.82, 2.24) is 5.32 Å². The standard InChI is InChI=1S/C16H25F2N/c1-3-5-6-13(4-2)11-19-12-14-7-9-15(10-8-14)16(17)18/h7-10,13,16,19H,3-6,11-12H2,1-2H3. The summed E-state index contributed by atoms with van der Waals surface area (Å²) in [6, 6.07) is 6.58. The number of unbranched alkanes of at least 4 members (excludes halogenated alkanes) is 1. The first-order chi connectivity index (χ1) is 9.17. The predicted octanol–water partition coefficient (Wildman–Crippen LogP) is 4.93. The molecule has 108 valence electrons. The van der Waals surface area contributed by atoms with E-state index in [1.165, 1.54) is 37.8 Å². The molecule has 0 aliphatic heterocycles. The molecule has 1 N–H and O–H groups in total. The molecule has 0 saturated heterocycles. The highest BCUT2D eigenvalue weighted by Gasteiger charge is 2.07. The molecule has 1 rings (SSSR count). The molecule has 1 atom stereocenters. The van der Waals surface area contributed by atoms with E-state index >= 15 is 0 Å². The van der Waals surface area contributed by atoms with Crippen molar-refractivity contribution in [3.05, 3.63) is 35.4 Å². The zero-order valence-electron chi connectivity index (χ0n) is 12.0. The first kappa shape index (κ1) is 16.1. The van der Waals surface area contributed by atoms with Gasteiger partial charge in [-0.2, -0.15) is 0 Å². The molecule has 1 nitrogen and oxygen atoms in total. The van der Waals surface area contributed by atoms with Crippen LogP contribution in [0.4, 0.5) is 8.78 Å². The molecule has 1 aromatic carbocycles. The van der Waals surface area contributed by atoms with Gasteiger partial charge in [-0.3, -0.25) is 0 Å². The minimum absolute atomic E-state index is 0.0955. The molecule has 0 saturated carbocycles. The molecule has 0 aromatic heterocycles. The van der Waals surface area contributed by atoms with E-state index in [1.54, 1.807) is 12.1 Å². The van der Waals surface area contributed by atoms with Crippen LogP contribution in [0, 0.1) is 5.92 Å². The smallest absolute Gasteiger partial charge is 0.263 e. The molecule has 0 radical (unpaired) electrons. The summed E-state index contributed by atoms with van der Waals surface area (Å²) in [7, 11) is 0. The van der Waals surface area contributed by atoms with Crippen LogP contribution < -0.4 is 5.32 Å². The van der Waals surface area contributed by atoms with Gasteiger partial charge in [0.05, 0.1) is 0 Å². The second-order valence-corrected chi connectivity index (χ2v) is 5.09. The Morgan fingerprint density at radius 2 is 1.79 bits per heavy atom. The van der Waals surface area contributed by atoms with E-state index in [9.17, 15) is 8.78 Å². The third-order valence-corrected chi connectivity index (χ3v) is 3.54. The topological polar surface area (TPSA) is 12.0 Å². The summed E-state index contributed by atoms with van der Waals surface area (Å²) in [5, 5.41) is 3.42. The van der Waals surface area contributed by atoms with Crippen LogP contribution in [0.3, 0.4) is 0 Å². The maximum atomic E-state index is 12.4. The summed E-state index contributed by atoms with van der Waals surface area (Å²) in [6.07, 6.45) is 2.61. The highest BCUT2D eigenvalue weighted by Crippen LogP contribution is 2.18. The highest BCUT2D eigenvalue weighted by molar-refractivity contribution is 5.23. The number of halogens is 2. The molecule has 19 heavy (non-hydrogen) atoms. The van der Waals surface area contributed by atoms with Crippen LogP contribution in [0.5, 0.6) is 0 Å². The summed E-state index contributed by atoms with van der Waals surface area (Å²) in [5.41, 5.74) is 1.16. The Labute approximate surface area is 115 Å². The zero-order chi connectivity index (χ0) is 14.1. The molecule has 3 heteroatoms. The molecule has 0 fully saturated rings. The van der Waals surface area contributed by atoms with E-state index in [0.29, 0.717) is 0 Å². The van der Waals surface area contributed by atoms with Crippen molar-refractivity contribution in [3.8, 4) is 0 Å². The molecule has 0 bridgehead atoms. The third kappa shape index (κ3) is 6.15. The maximum absolute atomic E-state index is 12.4. The minimum Gasteiger partial charge on any atom is -0.312 e. The second-order valence-electron chi connectivity index (χ2n) is 5.09. The van der Waals surface area contributed by atoms with E-state index in [0.717, 1.165) is 24.6 Å². The Morgan fingerprint density at radius 1 is 1.11 bits per heavy atom. The van der Waals surface area contributed by atoms with Gasteiger partial charge in [0.15, 0.2) is 0 Å². The van der Waals surface area contributed by atoms with E-state index in [4.69, 9.17) is 0 Å².